The molecule has 2 amide bonds. The second kappa shape index (κ2) is 15.0. The molecule has 0 saturated carbocycles. The lowest BCUT2D eigenvalue weighted by Gasteiger charge is -2.39. The van der Waals surface area contributed by atoms with E-state index in [9.17, 15) is 18.4 Å². The zero-order chi connectivity index (χ0) is 36.5. The second-order valence-electron chi connectivity index (χ2n) is 13.8. The maximum absolute atomic E-state index is 14.4. The van der Waals surface area contributed by atoms with E-state index in [2.05, 4.69) is 86.6 Å². The average molecular weight is 769 g/mol. The first-order valence-corrected chi connectivity index (χ1v) is 18.2. The number of aryl methyl sites for hydroxylation is 1. The first kappa shape index (κ1) is 35.5. The molecule has 12 heteroatoms. The number of carbonyl (C=O) groups excluding carboxylic acids is 2. The van der Waals surface area contributed by atoms with Crippen molar-refractivity contribution in [2.24, 2.45) is 0 Å². The molecular weight excluding hydrogens is 728 g/mol. The van der Waals surface area contributed by atoms with Gasteiger partial charge in [0.15, 0.2) is 5.82 Å². The number of halogens is 3. The molecule has 0 bridgehead atoms. The van der Waals surface area contributed by atoms with Gasteiger partial charge in [-0.05, 0) is 88.6 Å². The van der Waals surface area contributed by atoms with Crippen molar-refractivity contribution < 1.29 is 18.4 Å². The van der Waals surface area contributed by atoms with Gasteiger partial charge in [-0.2, -0.15) is 0 Å². The Morgan fingerprint density at radius 2 is 1.67 bits per heavy atom. The zero-order valence-corrected chi connectivity index (χ0v) is 30.7. The Labute approximate surface area is 310 Å². The molecular formula is C40H40BrF2N7O2. The van der Waals surface area contributed by atoms with Crippen molar-refractivity contribution in [3.05, 3.63) is 135 Å². The molecule has 2 aliphatic heterocycles. The van der Waals surface area contributed by atoms with E-state index in [-0.39, 0.29) is 45.3 Å². The fraction of sp³-hybridized carbons (Fsp3) is 0.300. The Bertz CT molecular complexity index is 2130. The van der Waals surface area contributed by atoms with Crippen LogP contribution in [-0.2, 0) is 19.5 Å². The topological polar surface area (TPSA) is 101 Å². The summed E-state index contributed by atoms with van der Waals surface area (Å²) in [5.74, 6) is -1.94. The molecule has 1 unspecified atom stereocenters. The van der Waals surface area contributed by atoms with Gasteiger partial charge < -0.3 is 15.5 Å². The predicted molar refractivity (Wildman–Crippen MR) is 199 cm³/mol. The lowest BCUT2D eigenvalue weighted by molar-refractivity contribution is 0.0688. The third-order valence-electron chi connectivity index (χ3n) is 10.4. The van der Waals surface area contributed by atoms with Crippen molar-refractivity contribution in [1.29, 1.82) is 0 Å². The number of rotatable bonds is 8. The number of anilines is 1. The Morgan fingerprint density at radius 3 is 2.44 bits per heavy atom. The van der Waals surface area contributed by atoms with Gasteiger partial charge in [0.1, 0.15) is 11.5 Å². The van der Waals surface area contributed by atoms with Crippen LogP contribution in [0, 0.1) is 18.6 Å². The van der Waals surface area contributed by atoms with Crippen molar-refractivity contribution >= 4 is 33.4 Å². The van der Waals surface area contributed by atoms with Gasteiger partial charge >= 0.3 is 0 Å². The third-order valence-corrected chi connectivity index (χ3v) is 11.1. The lowest BCUT2D eigenvalue weighted by atomic mass is 9.92. The van der Waals surface area contributed by atoms with Crippen LogP contribution in [-0.4, -0.2) is 74.2 Å². The highest BCUT2D eigenvalue weighted by Crippen LogP contribution is 2.34. The van der Waals surface area contributed by atoms with Crippen LogP contribution in [0.5, 0.6) is 0 Å². The number of benzene rings is 4. The van der Waals surface area contributed by atoms with Crippen molar-refractivity contribution in [2.45, 2.75) is 51.4 Å². The summed E-state index contributed by atoms with van der Waals surface area (Å²) in [5.41, 5.74) is 12.2. The summed E-state index contributed by atoms with van der Waals surface area (Å²) in [6.07, 6.45) is 3.69. The van der Waals surface area contributed by atoms with E-state index in [1.165, 1.54) is 22.3 Å². The molecule has 4 aromatic carbocycles. The van der Waals surface area contributed by atoms with Gasteiger partial charge in [0.2, 0.25) is 0 Å². The number of piperidine rings is 1. The van der Waals surface area contributed by atoms with Crippen molar-refractivity contribution in [3.63, 3.8) is 0 Å². The van der Waals surface area contributed by atoms with E-state index in [1.807, 2.05) is 7.05 Å². The molecule has 9 nitrogen and oxygen atoms in total. The SMILES string of the molecule is Cc1ccccc1CN1Cc2ccccc2CC1CN(C)C(=O)c1cccc(C(=O)N2CCC(n3cc(-c4cc(F)c(Br)c(F)c4N)nn3)CC2)c1. The minimum Gasteiger partial charge on any atom is -0.396 e. The smallest absolute Gasteiger partial charge is 0.253 e. The fourth-order valence-corrected chi connectivity index (χ4v) is 7.66. The van der Waals surface area contributed by atoms with Crippen LogP contribution in [0.4, 0.5) is 14.5 Å². The molecule has 0 aliphatic carbocycles. The van der Waals surface area contributed by atoms with Crippen LogP contribution in [0.3, 0.4) is 0 Å². The number of nitrogens with zero attached hydrogens (tertiary/aromatic N) is 6. The molecule has 1 aromatic heterocycles. The van der Waals surface area contributed by atoms with E-state index in [0.717, 1.165) is 25.6 Å². The highest BCUT2D eigenvalue weighted by Gasteiger charge is 2.30. The molecule has 3 heterocycles. The number of likely N-dealkylation sites (tertiary alicyclic amines) is 1. The second-order valence-corrected chi connectivity index (χ2v) is 14.6. The highest BCUT2D eigenvalue weighted by molar-refractivity contribution is 9.10. The monoisotopic (exact) mass is 767 g/mol. The van der Waals surface area contributed by atoms with Gasteiger partial charge in [-0.1, -0.05) is 59.8 Å². The molecule has 0 spiro atoms. The lowest BCUT2D eigenvalue weighted by Crippen LogP contribution is -2.47. The van der Waals surface area contributed by atoms with Gasteiger partial charge in [-0.3, -0.25) is 14.5 Å². The summed E-state index contributed by atoms with van der Waals surface area (Å²) >= 11 is 2.87. The van der Waals surface area contributed by atoms with Crippen molar-refractivity contribution in [2.75, 3.05) is 32.4 Å². The number of hydrogen-bond acceptors (Lipinski definition) is 6. The summed E-state index contributed by atoms with van der Waals surface area (Å²) in [6.45, 7) is 5.24. The molecule has 1 saturated heterocycles. The molecule has 1 fully saturated rings. The summed E-state index contributed by atoms with van der Waals surface area (Å²) in [6, 6.07) is 25.1. The summed E-state index contributed by atoms with van der Waals surface area (Å²) < 4.78 is 29.9. The Hall–Kier alpha value is -4.94. The average Bonchev–Trinajstić information content (AvgIpc) is 3.66. The number of fused-ring (bicyclic) bond motifs is 1. The molecule has 0 radical (unpaired) electrons. The number of amides is 2. The molecule has 268 valence electrons. The van der Waals surface area contributed by atoms with E-state index < -0.39 is 11.6 Å². The van der Waals surface area contributed by atoms with Gasteiger partial charge in [0.05, 0.1) is 22.4 Å². The number of likely N-dealkylation sites (N-methyl/N-ethyl adjacent to an activating group) is 1. The van der Waals surface area contributed by atoms with Crippen LogP contribution in [0.2, 0.25) is 0 Å². The van der Waals surface area contributed by atoms with E-state index in [0.29, 0.717) is 43.6 Å². The maximum Gasteiger partial charge on any atom is 0.253 e. The normalized spacial score (nSPS) is 16.5. The minimum atomic E-state index is -0.885. The van der Waals surface area contributed by atoms with Crippen LogP contribution in [0.15, 0.2) is 89.5 Å². The van der Waals surface area contributed by atoms with Crippen LogP contribution in [0.1, 0.15) is 61.9 Å². The van der Waals surface area contributed by atoms with Gasteiger partial charge in [-0.15, -0.1) is 5.10 Å². The largest absolute Gasteiger partial charge is 0.396 e. The molecule has 2 aliphatic rings. The van der Waals surface area contributed by atoms with Gasteiger partial charge in [0, 0.05) is 62.5 Å². The number of aromatic nitrogens is 3. The predicted octanol–water partition coefficient (Wildman–Crippen LogP) is 7.05. The number of nitrogen functional groups attached to an aromatic ring is 1. The highest BCUT2D eigenvalue weighted by atomic mass is 79.9. The van der Waals surface area contributed by atoms with E-state index in [1.54, 1.807) is 44.9 Å². The number of hydrogen-bond donors (Lipinski definition) is 1. The van der Waals surface area contributed by atoms with E-state index in [4.69, 9.17) is 5.73 Å². The van der Waals surface area contributed by atoms with Crippen LogP contribution >= 0.6 is 15.9 Å². The first-order valence-electron chi connectivity index (χ1n) is 17.4. The summed E-state index contributed by atoms with van der Waals surface area (Å²) in [5, 5.41) is 8.32. The van der Waals surface area contributed by atoms with E-state index >= 15 is 0 Å². The molecule has 2 N–H and O–H groups in total. The third kappa shape index (κ3) is 7.22. The van der Waals surface area contributed by atoms with Crippen molar-refractivity contribution in [3.8, 4) is 11.3 Å². The van der Waals surface area contributed by atoms with Gasteiger partial charge in [-0.25, -0.2) is 13.5 Å². The minimum absolute atomic E-state index is 0.0599. The van der Waals surface area contributed by atoms with Crippen LogP contribution in [0.25, 0.3) is 11.3 Å². The van der Waals surface area contributed by atoms with Gasteiger partial charge in [0.25, 0.3) is 11.8 Å². The fourth-order valence-electron chi connectivity index (χ4n) is 7.33. The summed E-state index contributed by atoms with van der Waals surface area (Å²) in [7, 11) is 1.84. The molecule has 1 atom stereocenters. The molecule has 5 aromatic rings. The van der Waals surface area contributed by atoms with Crippen LogP contribution < -0.4 is 5.73 Å². The standard InChI is InChI=1S/C40H40BrF2N7O2/c1-25-8-3-4-10-29(25)21-49-22-30-11-6-5-9-26(30)19-32(49)23-47(2)39(51)27-12-7-13-28(18-27)40(52)48-16-14-31(15-17-48)50-24-35(45-46-50)33-20-34(42)36(41)37(43)38(33)44/h3-13,18,20,24,31-32H,14-17,19,21-23,44H2,1-2H3. The molecule has 7 rings (SSSR count). The number of carbonyl (C=O) groups is 2. The Morgan fingerprint density at radius 1 is 0.962 bits per heavy atom. The quantitative estimate of drug-likeness (QED) is 0.134. The van der Waals surface area contributed by atoms with Crippen molar-refractivity contribution in [1.82, 2.24) is 29.7 Å². The zero-order valence-electron chi connectivity index (χ0n) is 29.1. The number of nitrogens with two attached hydrogens (primary N) is 1. The maximum atomic E-state index is 14.4. The first-order chi connectivity index (χ1) is 25.1. The summed E-state index contributed by atoms with van der Waals surface area (Å²) in [4.78, 5) is 33.5. The Balaban J connectivity index is 0.994. The molecule has 52 heavy (non-hydrogen) atoms. The Kier molecular flexibility index (Phi) is 10.2.